The van der Waals surface area contributed by atoms with E-state index in [4.69, 9.17) is 16.3 Å². The molecule has 0 radical (unpaired) electrons. The second-order valence-corrected chi connectivity index (χ2v) is 6.35. The summed E-state index contributed by atoms with van der Waals surface area (Å²) in [6.45, 7) is 6.36. The van der Waals surface area contributed by atoms with Crippen molar-refractivity contribution in [1.82, 2.24) is 0 Å². The third kappa shape index (κ3) is 2.78. The number of ketones is 1. The van der Waals surface area contributed by atoms with Crippen LogP contribution in [0.4, 0.5) is 5.69 Å². The van der Waals surface area contributed by atoms with E-state index in [0.29, 0.717) is 30.2 Å². The Morgan fingerprint density at radius 3 is 2.38 bits per heavy atom. The summed E-state index contributed by atoms with van der Waals surface area (Å²) in [5.74, 6) is -0.240. The van der Waals surface area contributed by atoms with E-state index in [1.807, 2.05) is 39.0 Å². The second-order valence-electron chi connectivity index (χ2n) is 5.98. The summed E-state index contributed by atoms with van der Waals surface area (Å²) in [4.78, 5) is 25.8. The second kappa shape index (κ2) is 6.29. The van der Waals surface area contributed by atoms with E-state index in [0.717, 1.165) is 21.7 Å². The van der Waals surface area contributed by atoms with Crippen molar-refractivity contribution in [2.75, 3.05) is 18.1 Å². The molecule has 0 saturated heterocycles. The normalized spacial score (nSPS) is 13.4. The van der Waals surface area contributed by atoms with Crippen LogP contribution in [-0.2, 0) is 4.79 Å². The number of anilines is 1. The monoisotopic (exact) mass is 343 g/mol. The quantitative estimate of drug-likeness (QED) is 0.792. The average molecular weight is 344 g/mol. The van der Waals surface area contributed by atoms with Gasteiger partial charge in [-0.15, -0.1) is 0 Å². The van der Waals surface area contributed by atoms with E-state index >= 15 is 0 Å². The Morgan fingerprint density at radius 2 is 1.71 bits per heavy atom. The van der Waals surface area contributed by atoms with Crippen LogP contribution < -0.4 is 9.64 Å². The number of carbonyl (C=O) groups is 2. The van der Waals surface area contributed by atoms with Crippen molar-refractivity contribution < 1.29 is 14.3 Å². The fraction of sp³-hybridized carbons (Fsp3) is 0.263. The molecule has 1 aliphatic heterocycles. The molecular weight excluding hydrogens is 326 g/mol. The van der Waals surface area contributed by atoms with Gasteiger partial charge in [0.2, 0.25) is 0 Å². The highest BCUT2D eigenvalue weighted by molar-refractivity contribution is 6.52. The molecule has 0 spiro atoms. The van der Waals surface area contributed by atoms with Crippen molar-refractivity contribution in [1.29, 1.82) is 0 Å². The Balaban J connectivity index is 1.74. The van der Waals surface area contributed by atoms with Gasteiger partial charge in [-0.1, -0.05) is 23.7 Å². The van der Waals surface area contributed by atoms with Crippen LogP contribution in [0.3, 0.4) is 0 Å². The molecule has 24 heavy (non-hydrogen) atoms. The molecule has 0 unspecified atom stereocenters. The number of aryl methyl sites for hydroxylation is 3. The van der Waals surface area contributed by atoms with Crippen molar-refractivity contribution in [2.24, 2.45) is 0 Å². The summed E-state index contributed by atoms with van der Waals surface area (Å²) in [5.41, 5.74) is 3.96. The van der Waals surface area contributed by atoms with Gasteiger partial charge in [0.15, 0.2) is 0 Å². The lowest BCUT2D eigenvalue weighted by atomic mass is 10.1. The van der Waals surface area contributed by atoms with Gasteiger partial charge < -0.3 is 9.64 Å². The Kier molecular flexibility index (Phi) is 4.33. The summed E-state index contributed by atoms with van der Waals surface area (Å²) >= 11 is 6.15. The maximum absolute atomic E-state index is 12.2. The zero-order valence-electron chi connectivity index (χ0n) is 13.9. The number of para-hydroxylation sites is 1. The number of fused-ring (bicyclic) bond motifs is 1. The molecule has 3 rings (SSSR count). The SMILES string of the molecule is Cc1cc(OCCN2C(=O)C(=O)c3cccc(C)c32)cc(C)c1Cl. The van der Waals surface area contributed by atoms with E-state index in [9.17, 15) is 9.59 Å². The highest BCUT2D eigenvalue weighted by Gasteiger charge is 2.36. The lowest BCUT2D eigenvalue weighted by molar-refractivity contribution is -0.114. The number of ether oxygens (including phenoxy) is 1. The topological polar surface area (TPSA) is 46.6 Å². The number of hydrogen-bond acceptors (Lipinski definition) is 3. The number of nitrogens with zero attached hydrogens (tertiary/aromatic N) is 1. The third-order valence-electron chi connectivity index (χ3n) is 4.19. The summed E-state index contributed by atoms with van der Waals surface area (Å²) < 4.78 is 5.76. The third-order valence-corrected chi connectivity index (χ3v) is 4.78. The Labute approximate surface area is 146 Å². The predicted molar refractivity (Wildman–Crippen MR) is 94.3 cm³/mol. The van der Waals surface area contributed by atoms with Crippen LogP contribution in [0.2, 0.25) is 5.02 Å². The first-order chi connectivity index (χ1) is 11.4. The van der Waals surface area contributed by atoms with E-state index in [2.05, 4.69) is 0 Å². The van der Waals surface area contributed by atoms with Crippen molar-refractivity contribution in [3.8, 4) is 5.75 Å². The summed E-state index contributed by atoms with van der Waals surface area (Å²) in [7, 11) is 0. The van der Waals surface area contributed by atoms with Crippen LogP contribution in [0, 0.1) is 20.8 Å². The number of amides is 1. The van der Waals surface area contributed by atoms with Gasteiger partial charge in [-0.3, -0.25) is 9.59 Å². The lowest BCUT2D eigenvalue weighted by Gasteiger charge is -2.19. The van der Waals surface area contributed by atoms with E-state index in [1.54, 1.807) is 12.1 Å². The minimum atomic E-state index is -0.494. The molecule has 1 amide bonds. The van der Waals surface area contributed by atoms with Crippen molar-refractivity contribution >= 4 is 29.0 Å². The van der Waals surface area contributed by atoms with Crippen LogP contribution in [-0.4, -0.2) is 24.8 Å². The van der Waals surface area contributed by atoms with Crippen LogP contribution in [0.5, 0.6) is 5.75 Å². The molecule has 0 aliphatic carbocycles. The Hall–Kier alpha value is -2.33. The van der Waals surface area contributed by atoms with Crippen LogP contribution in [0.15, 0.2) is 30.3 Å². The van der Waals surface area contributed by atoms with E-state index in [1.165, 1.54) is 4.90 Å². The number of carbonyl (C=O) groups excluding carboxylic acids is 2. The highest BCUT2D eigenvalue weighted by Crippen LogP contribution is 2.32. The first-order valence-corrected chi connectivity index (χ1v) is 8.13. The summed E-state index contributed by atoms with van der Waals surface area (Å²) in [5, 5.41) is 0.729. The zero-order chi connectivity index (χ0) is 17.4. The van der Waals surface area contributed by atoms with Gasteiger partial charge in [0.1, 0.15) is 12.4 Å². The molecule has 2 aromatic rings. The minimum Gasteiger partial charge on any atom is -0.492 e. The average Bonchev–Trinajstić information content (AvgIpc) is 2.79. The van der Waals surface area contributed by atoms with Crippen LogP contribution in [0.1, 0.15) is 27.0 Å². The number of rotatable bonds is 4. The first-order valence-electron chi connectivity index (χ1n) is 7.75. The summed E-state index contributed by atoms with van der Waals surface area (Å²) in [6, 6.07) is 9.11. The molecular formula is C19H18ClNO3. The van der Waals surface area contributed by atoms with Gasteiger partial charge in [-0.25, -0.2) is 0 Å². The van der Waals surface area contributed by atoms with Gasteiger partial charge in [-0.05, 0) is 55.7 Å². The number of hydrogen-bond donors (Lipinski definition) is 0. The molecule has 0 aromatic heterocycles. The molecule has 0 bridgehead atoms. The number of halogens is 1. The van der Waals surface area contributed by atoms with E-state index < -0.39 is 11.7 Å². The molecule has 0 atom stereocenters. The van der Waals surface area contributed by atoms with Crippen molar-refractivity contribution in [2.45, 2.75) is 20.8 Å². The number of benzene rings is 2. The molecule has 1 aliphatic rings. The van der Waals surface area contributed by atoms with Gasteiger partial charge >= 0.3 is 0 Å². The zero-order valence-corrected chi connectivity index (χ0v) is 14.6. The Morgan fingerprint density at radius 1 is 1.04 bits per heavy atom. The van der Waals surface area contributed by atoms with Gasteiger partial charge in [0.05, 0.1) is 17.8 Å². The van der Waals surface area contributed by atoms with Crippen LogP contribution >= 0.6 is 11.6 Å². The van der Waals surface area contributed by atoms with Crippen LogP contribution in [0.25, 0.3) is 0 Å². The molecule has 5 heteroatoms. The number of Topliss-reactive ketones (excluding diaryl/α,β-unsaturated/α-hetero) is 1. The lowest BCUT2D eigenvalue weighted by Crippen LogP contribution is -2.33. The fourth-order valence-electron chi connectivity index (χ4n) is 3.00. The molecule has 0 saturated carbocycles. The summed E-state index contributed by atoms with van der Waals surface area (Å²) in [6.07, 6.45) is 0. The van der Waals surface area contributed by atoms with Crippen molar-refractivity contribution in [3.05, 3.63) is 57.6 Å². The molecule has 2 aromatic carbocycles. The van der Waals surface area contributed by atoms with Gasteiger partial charge in [-0.2, -0.15) is 0 Å². The maximum atomic E-state index is 12.2. The molecule has 0 N–H and O–H groups in total. The Bertz CT molecular complexity index is 821. The van der Waals surface area contributed by atoms with Gasteiger partial charge in [0, 0.05) is 5.02 Å². The predicted octanol–water partition coefficient (Wildman–Crippen LogP) is 3.87. The molecule has 1 heterocycles. The fourth-order valence-corrected chi connectivity index (χ4v) is 3.11. The highest BCUT2D eigenvalue weighted by atomic mass is 35.5. The van der Waals surface area contributed by atoms with Crippen molar-refractivity contribution in [3.63, 3.8) is 0 Å². The van der Waals surface area contributed by atoms with E-state index in [-0.39, 0.29) is 0 Å². The maximum Gasteiger partial charge on any atom is 0.299 e. The standard InChI is InChI=1S/C19H18ClNO3/c1-11-5-4-6-15-17(11)21(19(23)18(15)22)7-8-24-14-9-12(2)16(20)13(3)10-14/h4-6,9-10H,7-8H2,1-3H3. The van der Waals surface area contributed by atoms with Gasteiger partial charge in [0.25, 0.3) is 11.7 Å². The molecule has 0 fully saturated rings. The smallest absolute Gasteiger partial charge is 0.299 e. The molecule has 124 valence electrons. The minimum absolute atomic E-state index is 0.299. The molecule has 4 nitrogen and oxygen atoms in total. The first kappa shape index (κ1) is 16.5. The largest absolute Gasteiger partial charge is 0.492 e.